The summed E-state index contributed by atoms with van der Waals surface area (Å²) in [5.41, 5.74) is -0.470. The highest BCUT2D eigenvalue weighted by molar-refractivity contribution is 9.07. The van der Waals surface area contributed by atoms with Crippen LogP contribution < -0.4 is 9.22 Å². The maximum absolute atomic E-state index is 11.1. The van der Waals surface area contributed by atoms with E-state index in [9.17, 15) is 14.3 Å². The average molecular weight is 394 g/mol. The summed E-state index contributed by atoms with van der Waals surface area (Å²) in [6.07, 6.45) is 2.21. The van der Waals surface area contributed by atoms with Gasteiger partial charge >= 0.3 is 13.3 Å². The van der Waals surface area contributed by atoms with Gasteiger partial charge in [0.1, 0.15) is 5.75 Å². The fraction of sp³-hybridized carbons (Fsp3) is 0.500. The van der Waals surface area contributed by atoms with E-state index in [2.05, 4.69) is 16.1 Å². The molecular formula is C14H22BBrFNO5. The van der Waals surface area contributed by atoms with E-state index >= 15 is 0 Å². The zero-order valence-electron chi connectivity index (χ0n) is 13.4. The normalized spacial score (nSPS) is 10.5. The minimum Gasteiger partial charge on any atom is -0.511 e. The van der Waals surface area contributed by atoms with Gasteiger partial charge in [0, 0.05) is 16.1 Å². The fourth-order valence-electron chi connectivity index (χ4n) is 2.09. The number of hydrogen-bond donors (Lipinski definition) is 3. The second-order valence-electron chi connectivity index (χ2n) is 4.66. The Morgan fingerprint density at radius 1 is 1.30 bits per heavy atom. The maximum atomic E-state index is 11.1. The van der Waals surface area contributed by atoms with Gasteiger partial charge in [-0.15, -0.1) is 4.48 Å². The molecule has 6 nitrogen and oxygen atoms in total. The van der Waals surface area contributed by atoms with Crippen molar-refractivity contribution in [2.75, 3.05) is 0 Å². The summed E-state index contributed by atoms with van der Waals surface area (Å²) in [4.78, 5) is 11.1. The highest BCUT2D eigenvalue weighted by Gasteiger charge is 2.34. The number of nitrogens with one attached hydrogen (secondary N) is 1. The lowest BCUT2D eigenvalue weighted by Gasteiger charge is -2.31. The first-order valence-corrected chi connectivity index (χ1v) is 8.00. The van der Waals surface area contributed by atoms with Crippen LogP contribution in [-0.4, -0.2) is 29.0 Å². The molecule has 0 spiro atoms. The molecule has 0 aliphatic heterocycles. The summed E-state index contributed by atoms with van der Waals surface area (Å²) in [6.45, 7) is 5.93. The SMILES string of the molecule is CCC(CC)(CC)OB(O)Oc1ccccc1C(=O)O.FNBr. The molecule has 0 aliphatic carbocycles. The molecule has 0 heterocycles. The zero-order valence-corrected chi connectivity index (χ0v) is 15.0. The predicted molar refractivity (Wildman–Crippen MR) is 89.9 cm³/mol. The van der Waals surface area contributed by atoms with Crippen LogP contribution in [0.4, 0.5) is 4.48 Å². The second-order valence-corrected chi connectivity index (χ2v) is 4.96. The van der Waals surface area contributed by atoms with Crippen molar-refractivity contribution in [3.8, 4) is 5.75 Å². The molecule has 0 amide bonds. The monoisotopic (exact) mass is 393 g/mol. The number of carboxylic acids is 1. The first-order valence-electron chi connectivity index (χ1n) is 7.20. The van der Waals surface area contributed by atoms with Gasteiger partial charge in [-0.2, -0.15) is 0 Å². The molecule has 0 fully saturated rings. The molecule has 0 radical (unpaired) electrons. The second kappa shape index (κ2) is 11.4. The van der Waals surface area contributed by atoms with Gasteiger partial charge in [0.15, 0.2) is 0 Å². The van der Waals surface area contributed by atoms with Crippen molar-refractivity contribution in [2.24, 2.45) is 0 Å². The summed E-state index contributed by atoms with van der Waals surface area (Å²) in [6, 6.07) is 6.14. The van der Waals surface area contributed by atoms with Gasteiger partial charge in [-0.3, -0.25) is 0 Å². The molecule has 1 aromatic carbocycles. The van der Waals surface area contributed by atoms with Crippen LogP contribution >= 0.6 is 16.1 Å². The van der Waals surface area contributed by atoms with Crippen molar-refractivity contribution >= 4 is 29.4 Å². The quantitative estimate of drug-likeness (QED) is 0.462. The average Bonchev–Trinajstić information content (AvgIpc) is 2.54. The van der Waals surface area contributed by atoms with Crippen LogP contribution in [0.2, 0.25) is 0 Å². The summed E-state index contributed by atoms with van der Waals surface area (Å²) in [7, 11) is -1.49. The molecule has 3 N–H and O–H groups in total. The van der Waals surface area contributed by atoms with E-state index in [0.717, 1.165) is 23.8 Å². The lowest BCUT2D eigenvalue weighted by Crippen LogP contribution is -2.41. The lowest BCUT2D eigenvalue weighted by molar-refractivity contribution is 0.0122. The molecule has 0 bridgehead atoms. The molecule has 1 rings (SSSR count). The Labute approximate surface area is 144 Å². The summed E-state index contributed by atoms with van der Waals surface area (Å²) < 4.78 is 21.8. The highest BCUT2D eigenvalue weighted by atomic mass is 79.9. The number of carboxylic acid groups (broad SMARTS) is 1. The van der Waals surface area contributed by atoms with E-state index in [-0.39, 0.29) is 11.3 Å². The van der Waals surface area contributed by atoms with Crippen molar-refractivity contribution in [3.63, 3.8) is 0 Å². The third-order valence-corrected chi connectivity index (χ3v) is 3.63. The third-order valence-electron chi connectivity index (χ3n) is 3.63. The molecule has 0 atom stereocenters. The van der Waals surface area contributed by atoms with Crippen LogP contribution in [0.25, 0.3) is 0 Å². The van der Waals surface area contributed by atoms with E-state index < -0.39 is 18.9 Å². The highest BCUT2D eigenvalue weighted by Crippen LogP contribution is 2.26. The number of halogens is 2. The Kier molecular flexibility index (Phi) is 10.8. The molecule has 9 heteroatoms. The minimum atomic E-state index is -1.49. The van der Waals surface area contributed by atoms with E-state index in [1.165, 1.54) is 12.1 Å². The van der Waals surface area contributed by atoms with Crippen molar-refractivity contribution in [2.45, 2.75) is 45.6 Å². The Hall–Kier alpha value is -1.16. The van der Waals surface area contributed by atoms with Gasteiger partial charge in [-0.1, -0.05) is 37.5 Å². The number of aromatic carboxylic acids is 1. The van der Waals surface area contributed by atoms with Crippen LogP contribution in [0.5, 0.6) is 5.75 Å². The Bertz CT molecular complexity index is 468. The zero-order chi connectivity index (χ0) is 17.9. The van der Waals surface area contributed by atoms with Crippen molar-refractivity contribution in [1.82, 2.24) is 4.56 Å². The largest absolute Gasteiger partial charge is 0.710 e. The van der Waals surface area contributed by atoms with Gasteiger partial charge in [0.05, 0.1) is 11.2 Å². The molecule has 23 heavy (non-hydrogen) atoms. The van der Waals surface area contributed by atoms with Crippen LogP contribution in [0.1, 0.15) is 50.4 Å². The van der Waals surface area contributed by atoms with Crippen LogP contribution in [0.3, 0.4) is 0 Å². The number of rotatable bonds is 8. The van der Waals surface area contributed by atoms with Crippen molar-refractivity contribution < 1.29 is 28.7 Å². The van der Waals surface area contributed by atoms with Crippen molar-refractivity contribution in [1.29, 1.82) is 0 Å². The summed E-state index contributed by atoms with van der Waals surface area (Å²) >= 11 is 2.23. The summed E-state index contributed by atoms with van der Waals surface area (Å²) in [5, 5.41) is 18.9. The first kappa shape index (κ1) is 21.8. The van der Waals surface area contributed by atoms with E-state index in [4.69, 9.17) is 14.4 Å². The smallest absolute Gasteiger partial charge is 0.511 e. The minimum absolute atomic E-state index is 0.00903. The van der Waals surface area contributed by atoms with Crippen LogP contribution in [0, 0.1) is 0 Å². The molecule has 0 saturated carbocycles. The standard InChI is InChI=1S/C14H21BO5.BrFHN/c1-4-14(5-2,6-3)20-15(18)19-12-10-8-7-9-11(12)13(16)17;1-3-2/h7-10,18H,4-6H2,1-3H3,(H,16,17);3H. The first-order chi connectivity index (χ1) is 10.9. The molecular weight excluding hydrogens is 372 g/mol. The number of carbonyl (C=O) groups is 1. The van der Waals surface area contributed by atoms with E-state index in [0.29, 0.717) is 0 Å². The summed E-state index contributed by atoms with van der Waals surface area (Å²) in [5.74, 6) is -1.02. The molecule has 0 aromatic heterocycles. The lowest BCUT2D eigenvalue weighted by atomic mass is 9.92. The Balaban J connectivity index is 0.00000149. The number of benzene rings is 1. The molecule has 130 valence electrons. The van der Waals surface area contributed by atoms with Crippen LogP contribution in [0.15, 0.2) is 24.3 Å². The van der Waals surface area contributed by atoms with Gasteiger partial charge in [-0.05, 0) is 31.4 Å². The van der Waals surface area contributed by atoms with Gasteiger partial charge in [0.2, 0.25) is 0 Å². The third kappa shape index (κ3) is 7.30. The molecule has 0 unspecified atom stereocenters. The Morgan fingerprint density at radius 2 is 1.78 bits per heavy atom. The maximum Gasteiger partial charge on any atom is 0.710 e. The van der Waals surface area contributed by atoms with Gasteiger partial charge in [0.25, 0.3) is 0 Å². The van der Waals surface area contributed by atoms with E-state index in [1.807, 2.05) is 20.8 Å². The topological polar surface area (TPSA) is 88.0 Å². The number of hydrogen-bond acceptors (Lipinski definition) is 5. The van der Waals surface area contributed by atoms with Crippen LogP contribution in [-0.2, 0) is 4.65 Å². The van der Waals surface area contributed by atoms with E-state index in [1.54, 1.807) is 12.1 Å². The fourth-order valence-corrected chi connectivity index (χ4v) is 2.09. The molecule has 0 saturated heterocycles. The molecule has 1 aromatic rings. The Morgan fingerprint density at radius 3 is 2.22 bits per heavy atom. The predicted octanol–water partition coefficient (Wildman–Crippen LogP) is 3.50. The van der Waals surface area contributed by atoms with Crippen molar-refractivity contribution in [3.05, 3.63) is 29.8 Å². The number of para-hydroxylation sites is 1. The van der Waals surface area contributed by atoms with Gasteiger partial charge in [-0.25, -0.2) is 4.79 Å². The van der Waals surface area contributed by atoms with Gasteiger partial charge < -0.3 is 19.4 Å². The molecule has 0 aliphatic rings.